The molecule has 0 atom stereocenters. The first kappa shape index (κ1) is 10.1. The van der Waals surface area contributed by atoms with Crippen molar-refractivity contribution < 1.29 is 4.74 Å². The van der Waals surface area contributed by atoms with E-state index in [9.17, 15) is 0 Å². The molecule has 1 aromatic carbocycles. The molecule has 0 radical (unpaired) electrons. The fourth-order valence-electron chi connectivity index (χ4n) is 1.25. The zero-order chi connectivity index (χ0) is 9.84. The minimum absolute atomic E-state index is 0.434. The third-order valence-electron chi connectivity index (χ3n) is 1.78. The first-order chi connectivity index (χ1) is 6.19. The summed E-state index contributed by atoms with van der Waals surface area (Å²) in [4.78, 5) is 0. The average Bonchev–Trinajstić information content (AvgIpc) is 2.04. The van der Waals surface area contributed by atoms with E-state index in [0.29, 0.717) is 6.42 Å². The summed E-state index contributed by atoms with van der Waals surface area (Å²) in [5, 5.41) is 8.53. The maximum absolute atomic E-state index is 8.53. The van der Waals surface area contributed by atoms with Gasteiger partial charge in [0.05, 0.1) is 24.1 Å². The van der Waals surface area contributed by atoms with E-state index in [1.54, 1.807) is 7.11 Å². The van der Waals surface area contributed by atoms with E-state index in [2.05, 4.69) is 22.0 Å². The van der Waals surface area contributed by atoms with E-state index in [0.717, 1.165) is 21.3 Å². The van der Waals surface area contributed by atoms with Crippen LogP contribution >= 0.6 is 15.9 Å². The Kier molecular flexibility index (Phi) is 3.32. The monoisotopic (exact) mass is 239 g/mol. The molecule has 0 saturated heterocycles. The fourth-order valence-corrected chi connectivity index (χ4v) is 2.02. The van der Waals surface area contributed by atoms with Crippen molar-refractivity contribution in [3.63, 3.8) is 0 Å². The van der Waals surface area contributed by atoms with Crippen LogP contribution in [0.25, 0.3) is 0 Å². The Hall–Kier alpha value is -1.01. The summed E-state index contributed by atoms with van der Waals surface area (Å²) in [6, 6.07) is 5.99. The van der Waals surface area contributed by atoms with E-state index in [4.69, 9.17) is 10.00 Å². The fraction of sp³-hybridized carbons (Fsp3) is 0.300. The first-order valence-corrected chi connectivity index (χ1v) is 4.68. The summed E-state index contributed by atoms with van der Waals surface area (Å²) in [6.45, 7) is 1.96. The Morgan fingerprint density at radius 1 is 1.54 bits per heavy atom. The lowest BCUT2D eigenvalue weighted by Crippen LogP contribution is -1.91. The Bertz CT molecular complexity index is 331. The summed E-state index contributed by atoms with van der Waals surface area (Å²) >= 11 is 3.39. The highest BCUT2D eigenvalue weighted by molar-refractivity contribution is 9.10. The third-order valence-corrected chi connectivity index (χ3v) is 2.37. The van der Waals surface area contributed by atoms with Gasteiger partial charge in [-0.05, 0) is 40.0 Å². The summed E-state index contributed by atoms with van der Waals surface area (Å²) in [6.07, 6.45) is 0.434. The number of nitrogens with zero attached hydrogens (tertiary/aromatic N) is 1. The number of hydrogen-bond donors (Lipinski definition) is 0. The van der Waals surface area contributed by atoms with Crippen molar-refractivity contribution in [1.82, 2.24) is 0 Å². The van der Waals surface area contributed by atoms with Gasteiger partial charge in [0.25, 0.3) is 0 Å². The molecule has 0 amide bonds. The largest absolute Gasteiger partial charge is 0.495 e. The van der Waals surface area contributed by atoms with Gasteiger partial charge in [0, 0.05) is 0 Å². The molecule has 0 aliphatic rings. The number of nitriles is 1. The van der Waals surface area contributed by atoms with Crippen LogP contribution < -0.4 is 4.74 Å². The number of halogens is 1. The standard InChI is InChI=1S/C10H10BrNO/c1-7-5-8(3-4-12)6-9(11)10(7)13-2/h5-6H,3H2,1-2H3. The highest BCUT2D eigenvalue weighted by Gasteiger charge is 2.05. The molecule has 3 heteroatoms. The molecule has 68 valence electrons. The Balaban J connectivity index is 3.14. The first-order valence-electron chi connectivity index (χ1n) is 3.89. The van der Waals surface area contributed by atoms with Crippen molar-refractivity contribution in [3.05, 3.63) is 27.7 Å². The minimum Gasteiger partial charge on any atom is -0.495 e. The normalized spacial score (nSPS) is 9.38. The van der Waals surface area contributed by atoms with Crippen LogP contribution in [0.3, 0.4) is 0 Å². The van der Waals surface area contributed by atoms with Gasteiger partial charge in [-0.3, -0.25) is 0 Å². The molecule has 13 heavy (non-hydrogen) atoms. The van der Waals surface area contributed by atoms with Gasteiger partial charge in [0.15, 0.2) is 0 Å². The quantitative estimate of drug-likeness (QED) is 0.796. The highest BCUT2D eigenvalue weighted by atomic mass is 79.9. The SMILES string of the molecule is COc1c(C)cc(CC#N)cc1Br. The predicted octanol–water partition coefficient (Wildman–Crippen LogP) is 2.83. The summed E-state index contributed by atoms with van der Waals surface area (Å²) < 4.78 is 6.08. The van der Waals surface area contributed by atoms with Crippen LogP contribution in [0.5, 0.6) is 5.75 Å². The predicted molar refractivity (Wildman–Crippen MR) is 54.7 cm³/mol. The Labute approximate surface area is 86.3 Å². The van der Waals surface area contributed by atoms with Crippen molar-refractivity contribution in [3.8, 4) is 11.8 Å². The Morgan fingerprint density at radius 3 is 2.69 bits per heavy atom. The molecule has 1 rings (SSSR count). The second-order valence-corrected chi connectivity index (χ2v) is 3.62. The minimum atomic E-state index is 0.434. The second kappa shape index (κ2) is 4.29. The lowest BCUT2D eigenvalue weighted by Gasteiger charge is -2.08. The number of rotatable bonds is 2. The van der Waals surface area contributed by atoms with Crippen molar-refractivity contribution in [2.24, 2.45) is 0 Å². The van der Waals surface area contributed by atoms with E-state index >= 15 is 0 Å². The molecule has 2 nitrogen and oxygen atoms in total. The number of methoxy groups -OCH3 is 1. The molecule has 0 aliphatic carbocycles. The summed E-state index contributed by atoms with van der Waals surface area (Å²) in [5.74, 6) is 0.835. The van der Waals surface area contributed by atoms with E-state index in [1.807, 2.05) is 19.1 Å². The molecule has 0 fully saturated rings. The molecule has 0 bridgehead atoms. The molecular formula is C10H10BrNO. The van der Waals surface area contributed by atoms with Crippen LogP contribution in [0, 0.1) is 18.3 Å². The molecule has 0 heterocycles. The molecule has 0 aromatic heterocycles. The van der Waals surface area contributed by atoms with Crippen LogP contribution in [-0.4, -0.2) is 7.11 Å². The van der Waals surface area contributed by atoms with Gasteiger partial charge in [0.1, 0.15) is 5.75 Å². The van der Waals surface area contributed by atoms with Gasteiger partial charge in [-0.15, -0.1) is 0 Å². The van der Waals surface area contributed by atoms with Gasteiger partial charge in [0.2, 0.25) is 0 Å². The smallest absolute Gasteiger partial charge is 0.135 e. The van der Waals surface area contributed by atoms with Crippen LogP contribution in [0.2, 0.25) is 0 Å². The molecule has 1 aromatic rings. The summed E-state index contributed by atoms with van der Waals surface area (Å²) in [7, 11) is 1.64. The zero-order valence-corrected chi connectivity index (χ0v) is 9.18. The molecule has 0 aliphatic heterocycles. The zero-order valence-electron chi connectivity index (χ0n) is 7.60. The molecule has 0 saturated carbocycles. The van der Waals surface area contributed by atoms with Gasteiger partial charge >= 0.3 is 0 Å². The number of aryl methyl sites for hydroxylation is 1. The van der Waals surface area contributed by atoms with E-state index in [1.165, 1.54) is 0 Å². The number of hydrogen-bond acceptors (Lipinski definition) is 2. The van der Waals surface area contributed by atoms with E-state index < -0.39 is 0 Å². The van der Waals surface area contributed by atoms with Crippen molar-refractivity contribution in [2.45, 2.75) is 13.3 Å². The van der Waals surface area contributed by atoms with Crippen molar-refractivity contribution in [1.29, 1.82) is 5.26 Å². The Morgan fingerprint density at radius 2 is 2.23 bits per heavy atom. The van der Waals surface area contributed by atoms with Gasteiger partial charge in [-0.2, -0.15) is 5.26 Å². The van der Waals surface area contributed by atoms with Crippen molar-refractivity contribution in [2.75, 3.05) is 7.11 Å². The lowest BCUT2D eigenvalue weighted by atomic mass is 10.1. The van der Waals surface area contributed by atoms with Gasteiger partial charge in [-0.25, -0.2) is 0 Å². The topological polar surface area (TPSA) is 33.0 Å². The van der Waals surface area contributed by atoms with Crippen LogP contribution in [0.15, 0.2) is 16.6 Å². The van der Waals surface area contributed by atoms with Crippen LogP contribution in [0.1, 0.15) is 11.1 Å². The number of benzene rings is 1. The van der Waals surface area contributed by atoms with Crippen LogP contribution in [0.4, 0.5) is 0 Å². The molecular weight excluding hydrogens is 230 g/mol. The number of ether oxygens (including phenoxy) is 1. The van der Waals surface area contributed by atoms with Gasteiger partial charge in [-0.1, -0.05) is 6.07 Å². The maximum Gasteiger partial charge on any atom is 0.135 e. The highest BCUT2D eigenvalue weighted by Crippen LogP contribution is 2.29. The lowest BCUT2D eigenvalue weighted by molar-refractivity contribution is 0.409. The van der Waals surface area contributed by atoms with Crippen molar-refractivity contribution >= 4 is 15.9 Å². The average molecular weight is 240 g/mol. The molecule has 0 spiro atoms. The molecule has 0 unspecified atom stereocenters. The van der Waals surface area contributed by atoms with E-state index in [-0.39, 0.29) is 0 Å². The molecule has 0 N–H and O–H groups in total. The maximum atomic E-state index is 8.53. The third kappa shape index (κ3) is 2.22. The van der Waals surface area contributed by atoms with Gasteiger partial charge < -0.3 is 4.74 Å². The summed E-state index contributed by atoms with van der Waals surface area (Å²) in [5.41, 5.74) is 2.05. The van der Waals surface area contributed by atoms with Crippen LogP contribution in [-0.2, 0) is 6.42 Å². The second-order valence-electron chi connectivity index (χ2n) is 2.76.